The van der Waals surface area contributed by atoms with E-state index >= 15 is 0 Å². The molecule has 0 bridgehead atoms. The van der Waals surface area contributed by atoms with Crippen LogP contribution in [0.1, 0.15) is 32.6 Å². The molecule has 0 aromatic carbocycles. The van der Waals surface area contributed by atoms with Crippen molar-refractivity contribution in [1.82, 2.24) is 9.80 Å². The first-order valence-corrected chi connectivity index (χ1v) is 6.92. The van der Waals surface area contributed by atoms with Crippen molar-refractivity contribution in [3.05, 3.63) is 0 Å². The van der Waals surface area contributed by atoms with E-state index < -0.39 is 0 Å². The lowest BCUT2D eigenvalue weighted by Crippen LogP contribution is -2.37. The first-order valence-electron chi connectivity index (χ1n) is 6.92. The number of amides is 1. The summed E-state index contributed by atoms with van der Waals surface area (Å²) in [5.74, 6) is 0.609. The average molecular weight is 239 g/mol. The maximum Gasteiger partial charge on any atom is 0.222 e. The van der Waals surface area contributed by atoms with Crippen LogP contribution in [-0.4, -0.2) is 54.5 Å². The Morgan fingerprint density at radius 2 is 2.06 bits per heavy atom. The Balaban J connectivity index is 1.78. The summed E-state index contributed by atoms with van der Waals surface area (Å²) in [4.78, 5) is 16.6. The molecule has 2 unspecified atom stereocenters. The summed E-state index contributed by atoms with van der Waals surface area (Å²) in [5.41, 5.74) is 5.57. The van der Waals surface area contributed by atoms with Gasteiger partial charge in [-0.25, -0.2) is 0 Å². The third-order valence-corrected chi connectivity index (χ3v) is 4.10. The van der Waals surface area contributed by atoms with Crippen LogP contribution in [-0.2, 0) is 4.79 Å². The summed E-state index contributed by atoms with van der Waals surface area (Å²) in [6.07, 6.45) is 4.43. The van der Waals surface area contributed by atoms with Crippen LogP contribution in [0.5, 0.6) is 0 Å². The Bertz CT molecular complexity index is 263. The topological polar surface area (TPSA) is 49.6 Å². The number of nitrogens with zero attached hydrogens (tertiary/aromatic N) is 2. The third kappa shape index (κ3) is 3.19. The van der Waals surface area contributed by atoms with E-state index in [2.05, 4.69) is 4.90 Å². The zero-order valence-corrected chi connectivity index (χ0v) is 10.9. The minimum atomic E-state index is 0.296. The van der Waals surface area contributed by atoms with Gasteiger partial charge in [-0.05, 0) is 44.8 Å². The number of likely N-dealkylation sites (tertiary alicyclic amines) is 2. The number of hydrogen-bond donors (Lipinski definition) is 1. The molecular weight excluding hydrogens is 214 g/mol. The molecule has 98 valence electrons. The van der Waals surface area contributed by atoms with Crippen molar-refractivity contribution < 1.29 is 4.79 Å². The molecule has 0 aromatic heterocycles. The first-order chi connectivity index (χ1) is 8.20. The largest absolute Gasteiger partial charge is 0.341 e. The number of carbonyl (C=O) groups is 1. The van der Waals surface area contributed by atoms with Crippen molar-refractivity contribution in [2.24, 2.45) is 11.7 Å². The second kappa shape index (κ2) is 5.83. The maximum atomic E-state index is 12.0. The van der Waals surface area contributed by atoms with E-state index in [1.165, 1.54) is 25.9 Å². The number of hydrogen-bond acceptors (Lipinski definition) is 3. The van der Waals surface area contributed by atoms with E-state index in [0.29, 0.717) is 30.8 Å². The lowest BCUT2D eigenvalue weighted by atomic mass is 10.1. The fourth-order valence-corrected chi connectivity index (χ4v) is 2.88. The minimum Gasteiger partial charge on any atom is -0.341 e. The van der Waals surface area contributed by atoms with Gasteiger partial charge in [0.25, 0.3) is 0 Å². The van der Waals surface area contributed by atoms with E-state index in [1.54, 1.807) is 0 Å². The minimum absolute atomic E-state index is 0.296. The quantitative estimate of drug-likeness (QED) is 0.784. The van der Waals surface area contributed by atoms with Gasteiger partial charge in [-0.2, -0.15) is 0 Å². The Morgan fingerprint density at radius 1 is 1.35 bits per heavy atom. The summed E-state index contributed by atoms with van der Waals surface area (Å²) >= 11 is 0. The zero-order valence-electron chi connectivity index (χ0n) is 10.9. The van der Waals surface area contributed by atoms with Crippen molar-refractivity contribution in [2.45, 2.75) is 38.6 Å². The van der Waals surface area contributed by atoms with Gasteiger partial charge in [0.1, 0.15) is 0 Å². The van der Waals surface area contributed by atoms with Gasteiger partial charge < -0.3 is 10.6 Å². The summed E-state index contributed by atoms with van der Waals surface area (Å²) < 4.78 is 0. The predicted octanol–water partition coefficient (Wildman–Crippen LogP) is 0.668. The molecule has 0 spiro atoms. The Kier molecular flexibility index (Phi) is 4.40. The molecule has 2 heterocycles. The standard InChI is InChI=1S/C13H25N3O/c1-11(9-14)8-13(17)16-7-4-12(10-16)15-5-2-3-6-15/h11-12H,2-10,14H2,1H3. The highest BCUT2D eigenvalue weighted by Gasteiger charge is 2.31. The molecule has 0 aliphatic carbocycles. The summed E-state index contributed by atoms with van der Waals surface area (Å²) in [6.45, 7) is 6.99. The van der Waals surface area contributed by atoms with Gasteiger partial charge in [0.2, 0.25) is 5.91 Å². The number of nitrogens with two attached hydrogens (primary N) is 1. The second-order valence-electron chi connectivity index (χ2n) is 5.57. The molecule has 17 heavy (non-hydrogen) atoms. The van der Waals surface area contributed by atoms with E-state index in [9.17, 15) is 4.79 Å². The normalized spacial score (nSPS) is 27.6. The van der Waals surface area contributed by atoms with E-state index in [-0.39, 0.29) is 0 Å². The van der Waals surface area contributed by atoms with Crippen LogP contribution in [0, 0.1) is 5.92 Å². The van der Waals surface area contributed by atoms with E-state index in [4.69, 9.17) is 5.73 Å². The summed E-state index contributed by atoms with van der Waals surface area (Å²) in [7, 11) is 0. The van der Waals surface area contributed by atoms with Gasteiger partial charge in [0, 0.05) is 25.6 Å². The number of carbonyl (C=O) groups excluding carboxylic acids is 1. The molecule has 0 saturated carbocycles. The van der Waals surface area contributed by atoms with E-state index in [1.807, 2.05) is 11.8 Å². The smallest absolute Gasteiger partial charge is 0.222 e. The van der Waals surface area contributed by atoms with Crippen LogP contribution in [0.15, 0.2) is 0 Å². The molecule has 2 N–H and O–H groups in total. The van der Waals surface area contributed by atoms with Crippen LogP contribution in [0.3, 0.4) is 0 Å². The predicted molar refractivity (Wildman–Crippen MR) is 68.6 cm³/mol. The lowest BCUT2D eigenvalue weighted by molar-refractivity contribution is -0.131. The van der Waals surface area contributed by atoms with Crippen LogP contribution in [0.25, 0.3) is 0 Å². The van der Waals surface area contributed by atoms with Crippen LogP contribution in [0.2, 0.25) is 0 Å². The van der Waals surface area contributed by atoms with Crippen molar-refractivity contribution in [1.29, 1.82) is 0 Å². The lowest BCUT2D eigenvalue weighted by Gasteiger charge is -2.24. The summed E-state index contributed by atoms with van der Waals surface area (Å²) in [6, 6.07) is 0.620. The van der Waals surface area contributed by atoms with Crippen molar-refractivity contribution in [3.63, 3.8) is 0 Å². The molecular formula is C13H25N3O. The second-order valence-corrected chi connectivity index (χ2v) is 5.57. The van der Waals surface area contributed by atoms with Gasteiger partial charge in [0.05, 0.1) is 0 Å². The molecule has 2 fully saturated rings. The van der Waals surface area contributed by atoms with Crippen LogP contribution < -0.4 is 5.73 Å². The zero-order chi connectivity index (χ0) is 12.3. The molecule has 2 rings (SSSR count). The Hall–Kier alpha value is -0.610. The third-order valence-electron chi connectivity index (χ3n) is 4.10. The SMILES string of the molecule is CC(CN)CC(=O)N1CCC(N2CCCC2)C1. The van der Waals surface area contributed by atoms with Crippen molar-refractivity contribution >= 4 is 5.91 Å². The molecule has 0 aromatic rings. The molecule has 1 amide bonds. The molecule has 0 radical (unpaired) electrons. The Labute approximate surface area is 104 Å². The van der Waals surface area contributed by atoms with E-state index in [0.717, 1.165) is 19.5 Å². The van der Waals surface area contributed by atoms with Crippen molar-refractivity contribution in [2.75, 3.05) is 32.7 Å². The molecule has 4 heteroatoms. The maximum absolute atomic E-state index is 12.0. The summed E-state index contributed by atoms with van der Waals surface area (Å²) in [5, 5.41) is 0. The molecule has 4 nitrogen and oxygen atoms in total. The monoisotopic (exact) mass is 239 g/mol. The fourth-order valence-electron chi connectivity index (χ4n) is 2.88. The highest BCUT2D eigenvalue weighted by Crippen LogP contribution is 2.21. The fraction of sp³-hybridized carbons (Fsp3) is 0.923. The van der Waals surface area contributed by atoms with Gasteiger partial charge in [-0.1, -0.05) is 6.92 Å². The van der Waals surface area contributed by atoms with Crippen molar-refractivity contribution in [3.8, 4) is 0 Å². The highest BCUT2D eigenvalue weighted by molar-refractivity contribution is 5.76. The number of rotatable bonds is 4. The molecule has 2 aliphatic heterocycles. The first kappa shape index (κ1) is 12.8. The molecule has 2 saturated heterocycles. The molecule has 2 aliphatic rings. The molecule has 2 atom stereocenters. The van der Waals surface area contributed by atoms with Gasteiger partial charge in [-0.3, -0.25) is 9.69 Å². The van der Waals surface area contributed by atoms with Gasteiger partial charge in [-0.15, -0.1) is 0 Å². The highest BCUT2D eigenvalue weighted by atomic mass is 16.2. The van der Waals surface area contributed by atoms with Crippen LogP contribution >= 0.6 is 0 Å². The van der Waals surface area contributed by atoms with Gasteiger partial charge in [0.15, 0.2) is 0 Å². The average Bonchev–Trinajstić information content (AvgIpc) is 2.98. The van der Waals surface area contributed by atoms with Gasteiger partial charge >= 0.3 is 0 Å². The Morgan fingerprint density at radius 3 is 2.71 bits per heavy atom. The van der Waals surface area contributed by atoms with Crippen LogP contribution in [0.4, 0.5) is 0 Å².